The number of carbonyl (C=O) groups is 1. The maximum absolute atomic E-state index is 12.5. The van der Waals surface area contributed by atoms with Gasteiger partial charge >= 0.3 is 6.09 Å². The molecular formula is C25H31NO6. The first kappa shape index (κ1) is 23.3. The van der Waals surface area contributed by atoms with Gasteiger partial charge in [0.1, 0.15) is 0 Å². The summed E-state index contributed by atoms with van der Waals surface area (Å²) in [4.78, 5) is 14.2. The van der Waals surface area contributed by atoms with Crippen molar-refractivity contribution in [2.24, 2.45) is 0 Å². The van der Waals surface area contributed by atoms with E-state index in [1.807, 2.05) is 37.3 Å². The van der Waals surface area contributed by atoms with E-state index in [4.69, 9.17) is 23.7 Å². The standard InChI is InChI=1S/C25H31NO6/c1-7-32-25(27)26-13-12-19-18(15-22(30-5)24(31-6)23(19)16(26)2)10-8-17-9-11-20(28-3)21(14-17)29-4/h8-11,14-16H,7,12-13H2,1-6H3/b10-8+. The smallest absolute Gasteiger partial charge is 0.410 e. The molecule has 7 nitrogen and oxygen atoms in total. The van der Waals surface area contributed by atoms with Crippen LogP contribution in [0.5, 0.6) is 23.0 Å². The first-order chi connectivity index (χ1) is 15.5. The SMILES string of the molecule is CCOC(=O)N1CCc2c(/C=C/c3ccc(OC)c(OC)c3)cc(OC)c(OC)c2C1C. The van der Waals surface area contributed by atoms with E-state index in [1.165, 1.54) is 0 Å². The summed E-state index contributed by atoms with van der Waals surface area (Å²) in [6.07, 6.45) is 4.43. The lowest BCUT2D eigenvalue weighted by atomic mass is 9.88. The van der Waals surface area contributed by atoms with Crippen LogP contribution in [0.2, 0.25) is 0 Å². The largest absolute Gasteiger partial charge is 0.493 e. The Bertz CT molecular complexity index is 1000. The number of rotatable bonds is 7. The summed E-state index contributed by atoms with van der Waals surface area (Å²) in [6, 6.07) is 7.53. The number of benzene rings is 2. The molecular weight excluding hydrogens is 410 g/mol. The van der Waals surface area contributed by atoms with Crippen LogP contribution in [0.25, 0.3) is 12.2 Å². The van der Waals surface area contributed by atoms with Crippen LogP contribution in [0.15, 0.2) is 24.3 Å². The molecule has 32 heavy (non-hydrogen) atoms. The van der Waals surface area contributed by atoms with Gasteiger partial charge in [-0.15, -0.1) is 0 Å². The lowest BCUT2D eigenvalue weighted by Gasteiger charge is -2.36. The molecule has 7 heteroatoms. The molecule has 0 spiro atoms. The van der Waals surface area contributed by atoms with Crippen molar-refractivity contribution in [2.75, 3.05) is 41.6 Å². The Balaban J connectivity index is 2.05. The van der Waals surface area contributed by atoms with E-state index in [2.05, 4.69) is 6.08 Å². The monoisotopic (exact) mass is 441 g/mol. The minimum atomic E-state index is -0.321. The van der Waals surface area contributed by atoms with Crippen molar-refractivity contribution in [3.05, 3.63) is 46.5 Å². The zero-order valence-electron chi connectivity index (χ0n) is 19.6. The van der Waals surface area contributed by atoms with E-state index in [9.17, 15) is 4.79 Å². The third kappa shape index (κ3) is 4.47. The summed E-state index contributed by atoms with van der Waals surface area (Å²) in [5.74, 6) is 2.62. The molecule has 172 valence electrons. The first-order valence-corrected chi connectivity index (χ1v) is 10.6. The molecule has 1 unspecified atom stereocenters. The molecule has 1 aliphatic heterocycles. The molecule has 3 rings (SSSR count). The van der Waals surface area contributed by atoms with Crippen molar-refractivity contribution < 1.29 is 28.5 Å². The second-order valence-corrected chi connectivity index (χ2v) is 7.36. The van der Waals surface area contributed by atoms with Crippen molar-refractivity contribution in [1.82, 2.24) is 4.90 Å². The molecule has 1 heterocycles. The molecule has 1 amide bonds. The third-order valence-corrected chi connectivity index (χ3v) is 5.71. The number of carbonyl (C=O) groups excluding carboxylic acids is 1. The quantitative estimate of drug-likeness (QED) is 0.566. The average Bonchev–Trinajstić information content (AvgIpc) is 2.82. The number of hydrogen-bond acceptors (Lipinski definition) is 6. The topological polar surface area (TPSA) is 66.5 Å². The Morgan fingerprint density at radius 3 is 2.34 bits per heavy atom. The first-order valence-electron chi connectivity index (χ1n) is 10.6. The number of methoxy groups -OCH3 is 4. The van der Waals surface area contributed by atoms with Crippen LogP contribution >= 0.6 is 0 Å². The normalized spacial score (nSPS) is 15.3. The molecule has 0 saturated heterocycles. The molecule has 0 aliphatic carbocycles. The maximum Gasteiger partial charge on any atom is 0.410 e. The van der Waals surface area contributed by atoms with Gasteiger partial charge in [-0.05, 0) is 55.2 Å². The molecule has 0 radical (unpaired) electrons. The predicted molar refractivity (Wildman–Crippen MR) is 124 cm³/mol. The van der Waals surface area contributed by atoms with Crippen LogP contribution in [0.4, 0.5) is 4.79 Å². The van der Waals surface area contributed by atoms with Crippen molar-refractivity contribution in [1.29, 1.82) is 0 Å². The predicted octanol–water partition coefficient (Wildman–Crippen LogP) is 4.97. The van der Waals surface area contributed by atoms with Crippen LogP contribution in [0.3, 0.4) is 0 Å². The van der Waals surface area contributed by atoms with Gasteiger partial charge in [-0.3, -0.25) is 0 Å². The van der Waals surface area contributed by atoms with Gasteiger partial charge in [0.15, 0.2) is 23.0 Å². The van der Waals surface area contributed by atoms with Gasteiger partial charge in [0.25, 0.3) is 0 Å². The van der Waals surface area contributed by atoms with Crippen molar-refractivity contribution in [3.8, 4) is 23.0 Å². The van der Waals surface area contributed by atoms with E-state index in [-0.39, 0.29) is 12.1 Å². The zero-order chi connectivity index (χ0) is 23.3. The Labute approximate surface area is 189 Å². The number of ether oxygens (including phenoxy) is 5. The maximum atomic E-state index is 12.5. The van der Waals surface area contributed by atoms with Gasteiger partial charge in [-0.1, -0.05) is 18.2 Å². The van der Waals surface area contributed by atoms with E-state index >= 15 is 0 Å². The fraction of sp³-hybridized carbons (Fsp3) is 0.400. The van der Waals surface area contributed by atoms with Crippen LogP contribution in [-0.2, 0) is 11.2 Å². The Hall–Kier alpha value is -3.35. The fourth-order valence-electron chi connectivity index (χ4n) is 4.13. The molecule has 0 aromatic heterocycles. The fourth-order valence-corrected chi connectivity index (χ4v) is 4.13. The highest BCUT2D eigenvalue weighted by molar-refractivity contribution is 5.77. The van der Waals surface area contributed by atoms with E-state index in [1.54, 1.807) is 40.3 Å². The highest BCUT2D eigenvalue weighted by atomic mass is 16.6. The Morgan fingerprint density at radius 2 is 1.72 bits per heavy atom. The summed E-state index contributed by atoms with van der Waals surface area (Å²) in [7, 11) is 6.47. The van der Waals surface area contributed by atoms with Crippen molar-refractivity contribution in [2.45, 2.75) is 26.3 Å². The Kier molecular flexibility index (Phi) is 7.51. The minimum Gasteiger partial charge on any atom is -0.493 e. The second kappa shape index (κ2) is 10.3. The lowest BCUT2D eigenvalue weighted by Crippen LogP contribution is -2.39. The van der Waals surface area contributed by atoms with Gasteiger partial charge in [-0.25, -0.2) is 4.79 Å². The highest BCUT2D eigenvalue weighted by Crippen LogP contribution is 2.44. The van der Waals surface area contributed by atoms with Gasteiger partial charge < -0.3 is 28.6 Å². The lowest BCUT2D eigenvalue weighted by molar-refractivity contribution is 0.0894. The molecule has 2 aromatic carbocycles. The number of fused-ring (bicyclic) bond motifs is 1. The molecule has 2 aromatic rings. The number of nitrogens with zero attached hydrogens (tertiary/aromatic N) is 1. The van der Waals surface area contributed by atoms with Crippen LogP contribution in [0, 0.1) is 0 Å². The summed E-state index contributed by atoms with van der Waals surface area (Å²) in [5.41, 5.74) is 4.07. The molecule has 1 atom stereocenters. The van der Waals surface area contributed by atoms with Crippen molar-refractivity contribution >= 4 is 18.2 Å². The average molecular weight is 442 g/mol. The number of amides is 1. The van der Waals surface area contributed by atoms with Crippen LogP contribution in [0.1, 0.15) is 42.1 Å². The Morgan fingerprint density at radius 1 is 1.00 bits per heavy atom. The molecule has 1 aliphatic rings. The summed E-state index contributed by atoms with van der Waals surface area (Å²) >= 11 is 0. The summed E-state index contributed by atoms with van der Waals surface area (Å²) < 4.78 is 27.3. The second-order valence-electron chi connectivity index (χ2n) is 7.36. The van der Waals surface area contributed by atoms with Gasteiger partial charge in [-0.2, -0.15) is 0 Å². The summed E-state index contributed by atoms with van der Waals surface area (Å²) in [6.45, 7) is 4.70. The van der Waals surface area contributed by atoms with Gasteiger partial charge in [0, 0.05) is 12.1 Å². The molecule has 0 fully saturated rings. The number of hydrogen-bond donors (Lipinski definition) is 0. The molecule has 0 bridgehead atoms. The molecule has 0 N–H and O–H groups in total. The van der Waals surface area contributed by atoms with Crippen molar-refractivity contribution in [3.63, 3.8) is 0 Å². The van der Waals surface area contributed by atoms with Gasteiger partial charge in [0.05, 0.1) is 41.1 Å². The third-order valence-electron chi connectivity index (χ3n) is 5.71. The summed E-state index contributed by atoms with van der Waals surface area (Å²) in [5, 5.41) is 0. The van der Waals surface area contributed by atoms with Gasteiger partial charge in [0.2, 0.25) is 0 Å². The minimum absolute atomic E-state index is 0.212. The zero-order valence-corrected chi connectivity index (χ0v) is 19.6. The molecule has 0 saturated carbocycles. The van der Waals surface area contributed by atoms with E-state index in [0.29, 0.717) is 42.6 Å². The van der Waals surface area contributed by atoms with E-state index < -0.39 is 0 Å². The van der Waals surface area contributed by atoms with E-state index in [0.717, 1.165) is 22.3 Å². The van der Waals surface area contributed by atoms with Crippen LogP contribution < -0.4 is 18.9 Å². The van der Waals surface area contributed by atoms with Crippen LogP contribution in [-0.4, -0.2) is 52.6 Å². The highest BCUT2D eigenvalue weighted by Gasteiger charge is 2.33.